The van der Waals surface area contributed by atoms with E-state index in [4.69, 9.17) is 5.73 Å². The number of hydrogen-bond donors (Lipinski definition) is 1. The second kappa shape index (κ2) is 4.09. The molecule has 11 heavy (non-hydrogen) atoms. The first-order valence-corrected chi connectivity index (χ1v) is 3.79. The second-order valence-corrected chi connectivity index (χ2v) is 2.70. The summed E-state index contributed by atoms with van der Waals surface area (Å²) < 4.78 is 0. The largest absolute Gasteiger partial charge is 0.321 e. The first-order valence-electron chi connectivity index (χ1n) is 3.79. The van der Waals surface area contributed by atoms with Gasteiger partial charge in [-0.2, -0.15) is 0 Å². The normalized spacial score (nSPS) is 19.2. The van der Waals surface area contributed by atoms with Crippen LogP contribution in [0.4, 0.5) is 0 Å². The zero-order chi connectivity index (χ0) is 8.10. The Morgan fingerprint density at radius 2 is 2.45 bits per heavy atom. The van der Waals surface area contributed by atoms with E-state index >= 15 is 0 Å². The fraction of sp³-hybridized carbons (Fsp3) is 0.444. The maximum Gasteiger partial charge on any atom is 0.216 e. The molecule has 0 fully saturated rings. The van der Waals surface area contributed by atoms with Crippen molar-refractivity contribution < 1.29 is 4.79 Å². The maximum atomic E-state index is 10.1. The summed E-state index contributed by atoms with van der Waals surface area (Å²) in [5.74, 6) is 0. The lowest BCUT2D eigenvalue weighted by atomic mass is 10.00. The van der Waals surface area contributed by atoms with Crippen molar-refractivity contribution in [1.29, 1.82) is 0 Å². The van der Waals surface area contributed by atoms with E-state index in [0.717, 1.165) is 12.8 Å². The van der Waals surface area contributed by atoms with Gasteiger partial charge in [0.15, 0.2) is 0 Å². The Morgan fingerprint density at radius 3 is 3.00 bits per heavy atom. The number of rotatable bonds is 3. The van der Waals surface area contributed by atoms with Crippen LogP contribution in [-0.2, 0) is 4.79 Å². The van der Waals surface area contributed by atoms with Crippen molar-refractivity contribution in [1.82, 2.24) is 0 Å². The molecule has 1 radical (unpaired) electrons. The summed E-state index contributed by atoms with van der Waals surface area (Å²) in [5.41, 5.74) is 6.67. The van der Waals surface area contributed by atoms with E-state index in [9.17, 15) is 4.79 Å². The molecule has 0 bridgehead atoms. The van der Waals surface area contributed by atoms with Crippen LogP contribution >= 0.6 is 0 Å². The van der Waals surface area contributed by atoms with Crippen LogP contribution in [0.3, 0.4) is 0 Å². The van der Waals surface area contributed by atoms with Crippen LogP contribution in [0.1, 0.15) is 19.3 Å². The quantitative estimate of drug-likeness (QED) is 0.612. The van der Waals surface area contributed by atoms with Gasteiger partial charge in [0.2, 0.25) is 6.29 Å². The molecule has 1 aliphatic rings. The van der Waals surface area contributed by atoms with Crippen molar-refractivity contribution in [3.8, 4) is 0 Å². The molecular weight excluding hydrogens is 138 g/mol. The fourth-order valence-corrected chi connectivity index (χ4v) is 1.14. The highest BCUT2D eigenvalue weighted by atomic mass is 16.1. The van der Waals surface area contributed by atoms with E-state index < -0.39 is 6.04 Å². The molecule has 0 aromatic rings. The van der Waals surface area contributed by atoms with Gasteiger partial charge < -0.3 is 5.73 Å². The Balaban J connectivity index is 2.36. The smallest absolute Gasteiger partial charge is 0.216 e. The summed E-state index contributed by atoms with van der Waals surface area (Å²) in [6.45, 7) is 0. The molecule has 1 rings (SSSR count). The molecule has 0 heterocycles. The molecule has 0 aromatic carbocycles. The van der Waals surface area contributed by atoms with Gasteiger partial charge in [-0.3, -0.25) is 4.79 Å². The zero-order valence-corrected chi connectivity index (χ0v) is 6.42. The molecule has 0 saturated heterocycles. The van der Waals surface area contributed by atoms with Crippen LogP contribution in [0.5, 0.6) is 0 Å². The summed E-state index contributed by atoms with van der Waals surface area (Å²) in [4.78, 5) is 10.1. The Kier molecular flexibility index (Phi) is 3.05. The van der Waals surface area contributed by atoms with Gasteiger partial charge in [-0.1, -0.05) is 23.8 Å². The Labute approximate surface area is 66.8 Å². The van der Waals surface area contributed by atoms with E-state index in [2.05, 4.69) is 18.2 Å². The van der Waals surface area contributed by atoms with Crippen LogP contribution in [-0.4, -0.2) is 12.3 Å². The number of nitrogens with two attached hydrogens (primary N) is 1. The topological polar surface area (TPSA) is 43.1 Å². The molecule has 0 saturated carbocycles. The monoisotopic (exact) mass is 150 g/mol. The minimum atomic E-state index is -0.437. The van der Waals surface area contributed by atoms with Gasteiger partial charge in [-0.15, -0.1) is 0 Å². The standard InChI is InChI=1S/C9H12NO/c10-9(7-11)6-8-4-2-1-3-5-8/h1-2,5,9H,3-4,6,10H2. The van der Waals surface area contributed by atoms with Crippen LogP contribution in [0.2, 0.25) is 0 Å². The van der Waals surface area contributed by atoms with Gasteiger partial charge in [0, 0.05) is 0 Å². The summed E-state index contributed by atoms with van der Waals surface area (Å²) in [6.07, 6.45) is 10.7. The van der Waals surface area contributed by atoms with Crippen LogP contribution < -0.4 is 5.73 Å². The molecule has 2 nitrogen and oxygen atoms in total. The third-order valence-corrected chi connectivity index (χ3v) is 1.72. The van der Waals surface area contributed by atoms with Gasteiger partial charge in [0.05, 0.1) is 6.04 Å². The molecule has 1 unspecified atom stereocenters. The van der Waals surface area contributed by atoms with Gasteiger partial charge in [0.25, 0.3) is 0 Å². The SMILES string of the molecule is NC([C]=O)CC1=CCC=CC1. The third kappa shape index (κ3) is 2.68. The zero-order valence-electron chi connectivity index (χ0n) is 6.42. The van der Waals surface area contributed by atoms with Crippen molar-refractivity contribution >= 4 is 6.29 Å². The van der Waals surface area contributed by atoms with Crippen molar-refractivity contribution in [2.45, 2.75) is 25.3 Å². The highest BCUT2D eigenvalue weighted by Crippen LogP contribution is 2.14. The predicted octanol–water partition coefficient (Wildman–Crippen LogP) is 1.09. The first kappa shape index (κ1) is 8.21. The number of allylic oxidation sites excluding steroid dienone is 3. The van der Waals surface area contributed by atoms with E-state index in [1.165, 1.54) is 5.57 Å². The average molecular weight is 150 g/mol. The first-order chi connectivity index (χ1) is 5.33. The third-order valence-electron chi connectivity index (χ3n) is 1.72. The molecule has 0 spiro atoms. The summed E-state index contributed by atoms with van der Waals surface area (Å²) in [5, 5.41) is 0. The lowest BCUT2D eigenvalue weighted by Gasteiger charge is -2.08. The molecule has 2 heteroatoms. The highest BCUT2D eigenvalue weighted by molar-refractivity contribution is 5.58. The predicted molar refractivity (Wildman–Crippen MR) is 44.7 cm³/mol. The molecule has 0 aromatic heterocycles. The Bertz CT molecular complexity index is 194. The van der Waals surface area contributed by atoms with Crippen molar-refractivity contribution in [3.63, 3.8) is 0 Å². The van der Waals surface area contributed by atoms with Crippen molar-refractivity contribution in [2.75, 3.05) is 0 Å². The van der Waals surface area contributed by atoms with Gasteiger partial charge >= 0.3 is 0 Å². The average Bonchev–Trinajstić information content (AvgIpc) is 2.06. The van der Waals surface area contributed by atoms with Crippen molar-refractivity contribution in [2.24, 2.45) is 5.73 Å². The van der Waals surface area contributed by atoms with E-state index in [1.807, 2.05) is 0 Å². The van der Waals surface area contributed by atoms with Crippen LogP contribution in [0, 0.1) is 0 Å². The van der Waals surface area contributed by atoms with E-state index in [0.29, 0.717) is 6.42 Å². The minimum Gasteiger partial charge on any atom is -0.321 e. The fourth-order valence-electron chi connectivity index (χ4n) is 1.14. The molecule has 0 aliphatic heterocycles. The van der Waals surface area contributed by atoms with E-state index in [-0.39, 0.29) is 0 Å². The molecule has 1 atom stereocenters. The maximum absolute atomic E-state index is 10.1. The summed E-state index contributed by atoms with van der Waals surface area (Å²) >= 11 is 0. The molecule has 59 valence electrons. The van der Waals surface area contributed by atoms with Gasteiger partial charge in [-0.25, -0.2) is 0 Å². The lowest BCUT2D eigenvalue weighted by Crippen LogP contribution is -2.21. The number of carbonyl (C=O) groups excluding carboxylic acids is 1. The minimum absolute atomic E-state index is 0.437. The molecule has 2 N–H and O–H groups in total. The molecule has 0 amide bonds. The lowest BCUT2D eigenvalue weighted by molar-refractivity contribution is 0.540. The van der Waals surface area contributed by atoms with Gasteiger partial charge in [0.1, 0.15) is 0 Å². The number of hydrogen-bond acceptors (Lipinski definition) is 2. The van der Waals surface area contributed by atoms with Crippen LogP contribution in [0.15, 0.2) is 23.8 Å². The highest BCUT2D eigenvalue weighted by Gasteiger charge is 2.05. The summed E-state index contributed by atoms with van der Waals surface area (Å²) in [7, 11) is 0. The van der Waals surface area contributed by atoms with E-state index in [1.54, 1.807) is 6.29 Å². The summed E-state index contributed by atoms with van der Waals surface area (Å²) in [6, 6.07) is -0.437. The second-order valence-electron chi connectivity index (χ2n) is 2.70. The molecular formula is C9H12NO. The Hall–Kier alpha value is -0.890. The Morgan fingerprint density at radius 1 is 1.64 bits per heavy atom. The van der Waals surface area contributed by atoms with Gasteiger partial charge in [-0.05, 0) is 19.3 Å². The molecule has 1 aliphatic carbocycles. The van der Waals surface area contributed by atoms with Crippen LogP contribution in [0.25, 0.3) is 0 Å². The van der Waals surface area contributed by atoms with Crippen molar-refractivity contribution in [3.05, 3.63) is 23.8 Å².